The van der Waals surface area contributed by atoms with Gasteiger partial charge in [0.25, 0.3) is 0 Å². The summed E-state index contributed by atoms with van der Waals surface area (Å²) in [5, 5.41) is 6.82. The van der Waals surface area contributed by atoms with Gasteiger partial charge in [-0.15, -0.1) is 0 Å². The molecule has 1 heterocycles. The molecule has 0 aromatic heterocycles. The summed E-state index contributed by atoms with van der Waals surface area (Å²) in [7, 11) is 4.95. The summed E-state index contributed by atoms with van der Waals surface area (Å²) in [4.78, 5) is 0. The Morgan fingerprint density at radius 3 is 2.11 bits per heavy atom. The van der Waals surface area contributed by atoms with Crippen molar-refractivity contribution < 1.29 is 14.2 Å². The number of hydrogen-bond donors (Lipinski definition) is 2. The molecule has 0 saturated carbocycles. The van der Waals surface area contributed by atoms with Crippen LogP contribution in [-0.4, -0.2) is 41.0 Å². The monoisotopic (exact) mass is 252 g/mol. The molecule has 1 aromatic rings. The Labute approximate surface area is 107 Å². The fourth-order valence-corrected chi connectivity index (χ4v) is 2.23. The Kier molecular flexibility index (Phi) is 4.28. The average Bonchev–Trinajstić information content (AvgIpc) is 2.46. The van der Waals surface area contributed by atoms with Gasteiger partial charge in [-0.05, 0) is 0 Å². The highest BCUT2D eigenvalue weighted by Gasteiger charge is 2.23. The van der Waals surface area contributed by atoms with Gasteiger partial charge in [0.1, 0.15) is 17.2 Å². The van der Waals surface area contributed by atoms with Gasteiger partial charge >= 0.3 is 0 Å². The van der Waals surface area contributed by atoms with Crippen molar-refractivity contribution >= 4 is 0 Å². The molecule has 1 fully saturated rings. The minimum absolute atomic E-state index is 0.189. The SMILES string of the molecule is COc1cc(OC)c([C@@H]2CNCCN2)c(OC)c1. The van der Waals surface area contributed by atoms with Crippen LogP contribution in [0, 0.1) is 0 Å². The Bertz CT molecular complexity index is 378. The fourth-order valence-electron chi connectivity index (χ4n) is 2.23. The minimum atomic E-state index is 0.189. The average molecular weight is 252 g/mol. The molecule has 0 bridgehead atoms. The standard InChI is InChI=1S/C13H20N2O3/c1-16-9-6-11(17-2)13(12(7-9)18-3)10-8-14-4-5-15-10/h6-7,10,14-15H,4-5,8H2,1-3H3/t10-/m0/s1. The van der Waals surface area contributed by atoms with Crippen molar-refractivity contribution in [2.45, 2.75) is 6.04 Å². The Balaban J connectivity index is 2.41. The van der Waals surface area contributed by atoms with Gasteiger partial charge in [0.05, 0.1) is 32.9 Å². The highest BCUT2D eigenvalue weighted by atomic mass is 16.5. The highest BCUT2D eigenvalue weighted by Crippen LogP contribution is 2.38. The molecule has 2 rings (SSSR count). The van der Waals surface area contributed by atoms with Crippen LogP contribution < -0.4 is 24.8 Å². The number of rotatable bonds is 4. The summed E-state index contributed by atoms with van der Waals surface area (Å²) in [6.07, 6.45) is 0. The van der Waals surface area contributed by atoms with Gasteiger partial charge in [0.15, 0.2) is 0 Å². The van der Waals surface area contributed by atoms with Gasteiger partial charge in [-0.3, -0.25) is 0 Å². The van der Waals surface area contributed by atoms with Gasteiger partial charge < -0.3 is 24.8 Å². The van der Waals surface area contributed by atoms with Crippen molar-refractivity contribution in [1.82, 2.24) is 10.6 Å². The van der Waals surface area contributed by atoms with E-state index in [1.807, 2.05) is 12.1 Å². The van der Waals surface area contributed by atoms with E-state index in [-0.39, 0.29) is 6.04 Å². The first-order chi connectivity index (χ1) is 8.80. The third-order valence-electron chi connectivity index (χ3n) is 3.14. The number of nitrogens with one attached hydrogen (secondary N) is 2. The maximum atomic E-state index is 5.46. The summed E-state index contributed by atoms with van der Waals surface area (Å²) in [6, 6.07) is 3.96. The topological polar surface area (TPSA) is 51.8 Å². The summed E-state index contributed by atoms with van der Waals surface area (Å²) in [6.45, 7) is 2.78. The zero-order chi connectivity index (χ0) is 13.0. The molecule has 0 unspecified atom stereocenters. The highest BCUT2D eigenvalue weighted by molar-refractivity contribution is 5.52. The predicted octanol–water partition coefficient (Wildman–Crippen LogP) is 0.946. The van der Waals surface area contributed by atoms with Crippen LogP contribution in [0.2, 0.25) is 0 Å². The normalized spacial score (nSPS) is 19.4. The number of ether oxygens (including phenoxy) is 3. The van der Waals surface area contributed by atoms with E-state index in [1.165, 1.54) is 0 Å². The van der Waals surface area contributed by atoms with Crippen LogP contribution in [0.3, 0.4) is 0 Å². The molecule has 0 radical (unpaired) electrons. The molecule has 5 nitrogen and oxygen atoms in total. The second-order valence-corrected chi connectivity index (χ2v) is 4.16. The number of piperazine rings is 1. The predicted molar refractivity (Wildman–Crippen MR) is 69.7 cm³/mol. The molecule has 5 heteroatoms. The Hall–Kier alpha value is -1.46. The lowest BCUT2D eigenvalue weighted by Crippen LogP contribution is -2.42. The first-order valence-electron chi connectivity index (χ1n) is 6.04. The number of methoxy groups -OCH3 is 3. The molecule has 0 aliphatic carbocycles. The second kappa shape index (κ2) is 5.93. The zero-order valence-corrected chi connectivity index (χ0v) is 11.1. The summed E-state index contributed by atoms with van der Waals surface area (Å²) >= 11 is 0. The molecule has 1 aromatic carbocycles. The van der Waals surface area contributed by atoms with Crippen molar-refractivity contribution in [3.63, 3.8) is 0 Å². The second-order valence-electron chi connectivity index (χ2n) is 4.16. The Morgan fingerprint density at radius 1 is 1.00 bits per heavy atom. The molecule has 100 valence electrons. The first-order valence-corrected chi connectivity index (χ1v) is 6.04. The maximum absolute atomic E-state index is 5.46. The van der Waals surface area contributed by atoms with Crippen LogP contribution in [-0.2, 0) is 0 Å². The zero-order valence-electron chi connectivity index (χ0n) is 11.1. The van der Waals surface area contributed by atoms with E-state index in [4.69, 9.17) is 14.2 Å². The third kappa shape index (κ3) is 2.52. The minimum Gasteiger partial charge on any atom is -0.496 e. The largest absolute Gasteiger partial charge is 0.496 e. The lowest BCUT2D eigenvalue weighted by molar-refractivity contribution is 0.346. The number of benzene rings is 1. The quantitative estimate of drug-likeness (QED) is 0.835. The molecule has 0 amide bonds. The van der Waals surface area contributed by atoms with E-state index < -0.39 is 0 Å². The van der Waals surface area contributed by atoms with Crippen molar-refractivity contribution in [3.8, 4) is 17.2 Å². The van der Waals surface area contributed by atoms with E-state index in [9.17, 15) is 0 Å². The van der Waals surface area contributed by atoms with E-state index in [0.717, 1.165) is 42.4 Å². The molecule has 0 spiro atoms. The van der Waals surface area contributed by atoms with Gasteiger partial charge in [-0.1, -0.05) is 0 Å². The van der Waals surface area contributed by atoms with E-state index in [1.54, 1.807) is 21.3 Å². The van der Waals surface area contributed by atoms with E-state index in [2.05, 4.69) is 10.6 Å². The summed E-state index contributed by atoms with van der Waals surface area (Å²) in [5.41, 5.74) is 1.04. The van der Waals surface area contributed by atoms with Crippen LogP contribution in [0.4, 0.5) is 0 Å². The van der Waals surface area contributed by atoms with E-state index in [0.29, 0.717) is 0 Å². The summed E-state index contributed by atoms with van der Waals surface area (Å²) < 4.78 is 16.2. The van der Waals surface area contributed by atoms with Gasteiger partial charge in [-0.25, -0.2) is 0 Å². The Morgan fingerprint density at radius 2 is 1.67 bits per heavy atom. The smallest absolute Gasteiger partial charge is 0.131 e. The lowest BCUT2D eigenvalue weighted by Gasteiger charge is -2.27. The molecular formula is C13H20N2O3. The van der Waals surface area contributed by atoms with Crippen LogP contribution in [0.15, 0.2) is 12.1 Å². The van der Waals surface area contributed by atoms with Crippen molar-refractivity contribution in [3.05, 3.63) is 17.7 Å². The van der Waals surface area contributed by atoms with Crippen LogP contribution >= 0.6 is 0 Å². The molecular weight excluding hydrogens is 232 g/mol. The fraction of sp³-hybridized carbons (Fsp3) is 0.538. The molecule has 1 atom stereocenters. The van der Waals surface area contributed by atoms with Crippen LogP contribution in [0.25, 0.3) is 0 Å². The van der Waals surface area contributed by atoms with Crippen LogP contribution in [0.1, 0.15) is 11.6 Å². The molecule has 2 N–H and O–H groups in total. The lowest BCUT2D eigenvalue weighted by atomic mass is 10.0. The number of hydrogen-bond acceptors (Lipinski definition) is 5. The third-order valence-corrected chi connectivity index (χ3v) is 3.14. The van der Waals surface area contributed by atoms with E-state index >= 15 is 0 Å². The molecule has 1 aliphatic heterocycles. The van der Waals surface area contributed by atoms with Gasteiger partial charge in [0, 0.05) is 31.8 Å². The summed E-state index contributed by atoms with van der Waals surface area (Å²) in [5.74, 6) is 2.30. The first kappa shape index (κ1) is 13.0. The molecule has 1 saturated heterocycles. The van der Waals surface area contributed by atoms with Gasteiger partial charge in [-0.2, -0.15) is 0 Å². The maximum Gasteiger partial charge on any atom is 0.131 e. The van der Waals surface area contributed by atoms with Crippen molar-refractivity contribution in [1.29, 1.82) is 0 Å². The van der Waals surface area contributed by atoms with Crippen LogP contribution in [0.5, 0.6) is 17.2 Å². The van der Waals surface area contributed by atoms with Crippen molar-refractivity contribution in [2.75, 3.05) is 41.0 Å². The van der Waals surface area contributed by atoms with Gasteiger partial charge in [0.2, 0.25) is 0 Å². The molecule has 1 aliphatic rings. The van der Waals surface area contributed by atoms with Crippen molar-refractivity contribution in [2.24, 2.45) is 0 Å². The molecule has 18 heavy (non-hydrogen) atoms.